The summed E-state index contributed by atoms with van der Waals surface area (Å²) in [6.07, 6.45) is 4.52. The molecule has 3 rings (SSSR count). The summed E-state index contributed by atoms with van der Waals surface area (Å²) in [5.74, 6) is 1.32. The van der Waals surface area contributed by atoms with E-state index in [0.29, 0.717) is 12.5 Å². The number of amides is 1. The fourth-order valence-electron chi connectivity index (χ4n) is 3.33. The molecule has 0 bridgehead atoms. The van der Waals surface area contributed by atoms with E-state index in [9.17, 15) is 4.79 Å². The van der Waals surface area contributed by atoms with Gasteiger partial charge >= 0.3 is 0 Å². The number of carbonyl (C=O) groups excluding carboxylic acids is 1. The van der Waals surface area contributed by atoms with Crippen LogP contribution in [0.2, 0.25) is 0 Å². The van der Waals surface area contributed by atoms with Crippen molar-refractivity contribution in [3.8, 4) is 0 Å². The summed E-state index contributed by atoms with van der Waals surface area (Å²) < 4.78 is 7.07. The molecule has 1 amide bonds. The van der Waals surface area contributed by atoms with Gasteiger partial charge in [0.15, 0.2) is 5.96 Å². The Kier molecular flexibility index (Phi) is 10.1. The fraction of sp³-hybridized carbons (Fsp3) is 0.476. The zero-order valence-electron chi connectivity index (χ0n) is 17.6. The van der Waals surface area contributed by atoms with Crippen molar-refractivity contribution >= 4 is 41.5 Å². The Balaban J connectivity index is 0.00000320. The van der Waals surface area contributed by atoms with Crippen LogP contribution in [0.4, 0.5) is 5.69 Å². The first-order chi connectivity index (χ1) is 14.1. The smallest absolute Gasteiger partial charge is 0.246 e. The highest BCUT2D eigenvalue weighted by Gasteiger charge is 2.19. The van der Waals surface area contributed by atoms with Gasteiger partial charge in [-0.1, -0.05) is 12.1 Å². The van der Waals surface area contributed by atoms with Crippen molar-refractivity contribution in [2.75, 3.05) is 38.7 Å². The van der Waals surface area contributed by atoms with Crippen LogP contribution in [-0.4, -0.2) is 59.9 Å². The number of guanidine groups is 1. The summed E-state index contributed by atoms with van der Waals surface area (Å²) in [6, 6.07) is 9.58. The molecule has 0 spiro atoms. The highest BCUT2D eigenvalue weighted by atomic mass is 127. The Hall–Kier alpha value is -2.14. The lowest BCUT2D eigenvalue weighted by atomic mass is 10.1. The zero-order chi connectivity index (χ0) is 20.5. The van der Waals surface area contributed by atoms with Gasteiger partial charge in [-0.25, -0.2) is 4.99 Å². The minimum absolute atomic E-state index is 0. The van der Waals surface area contributed by atoms with E-state index in [1.807, 2.05) is 24.3 Å². The van der Waals surface area contributed by atoms with Gasteiger partial charge < -0.3 is 20.3 Å². The summed E-state index contributed by atoms with van der Waals surface area (Å²) in [5.41, 5.74) is 1.80. The Labute approximate surface area is 195 Å². The molecule has 0 aliphatic carbocycles. The van der Waals surface area contributed by atoms with Crippen LogP contribution in [-0.2, 0) is 22.6 Å². The van der Waals surface area contributed by atoms with Crippen molar-refractivity contribution in [3.63, 3.8) is 0 Å². The number of nitrogens with one attached hydrogen (secondary N) is 2. The second-order valence-electron chi connectivity index (χ2n) is 7.23. The number of aromatic nitrogens is 2. The highest BCUT2D eigenvalue weighted by Crippen LogP contribution is 2.14. The third kappa shape index (κ3) is 7.60. The topological polar surface area (TPSA) is 83.8 Å². The maximum atomic E-state index is 12.2. The number of hydrogen-bond donors (Lipinski definition) is 2. The minimum Gasteiger partial charge on any atom is -0.381 e. The van der Waals surface area contributed by atoms with Crippen LogP contribution in [0.15, 0.2) is 47.7 Å². The normalized spacial score (nSPS) is 16.1. The van der Waals surface area contributed by atoms with Gasteiger partial charge in [-0.2, -0.15) is 5.10 Å². The molecular formula is C21H31IN6O2. The number of anilines is 1. The van der Waals surface area contributed by atoms with Gasteiger partial charge in [-0.05, 0) is 37.1 Å². The van der Waals surface area contributed by atoms with Crippen LogP contribution in [0.5, 0.6) is 0 Å². The van der Waals surface area contributed by atoms with Gasteiger partial charge in [0.2, 0.25) is 5.91 Å². The zero-order valence-corrected chi connectivity index (χ0v) is 19.9. The number of aliphatic imine (C=N–C) groups is 1. The molecular weight excluding hydrogens is 495 g/mol. The minimum atomic E-state index is -0.110. The van der Waals surface area contributed by atoms with Gasteiger partial charge in [0.25, 0.3) is 0 Å². The molecule has 9 heteroatoms. The van der Waals surface area contributed by atoms with Crippen molar-refractivity contribution < 1.29 is 9.53 Å². The molecule has 2 heterocycles. The van der Waals surface area contributed by atoms with E-state index in [1.165, 1.54) is 0 Å². The first-order valence-corrected chi connectivity index (χ1v) is 10.1. The molecule has 164 valence electrons. The number of ether oxygens (including phenoxy) is 1. The lowest BCUT2D eigenvalue weighted by Crippen LogP contribution is -2.41. The Morgan fingerprint density at radius 2 is 2.27 bits per heavy atom. The molecule has 1 aromatic heterocycles. The molecule has 1 aliphatic rings. The summed E-state index contributed by atoms with van der Waals surface area (Å²) >= 11 is 0. The predicted molar refractivity (Wildman–Crippen MR) is 129 cm³/mol. The third-order valence-corrected chi connectivity index (χ3v) is 4.74. The molecule has 1 fully saturated rings. The lowest BCUT2D eigenvalue weighted by molar-refractivity contribution is -0.116. The Morgan fingerprint density at radius 1 is 1.40 bits per heavy atom. The second kappa shape index (κ2) is 12.5. The van der Waals surface area contributed by atoms with Crippen molar-refractivity contribution in [2.24, 2.45) is 10.9 Å². The Morgan fingerprint density at radius 3 is 2.97 bits per heavy atom. The van der Waals surface area contributed by atoms with E-state index in [-0.39, 0.29) is 36.4 Å². The average molecular weight is 526 g/mol. The molecule has 0 saturated carbocycles. The van der Waals surface area contributed by atoms with E-state index < -0.39 is 0 Å². The molecule has 1 aliphatic heterocycles. The van der Waals surface area contributed by atoms with Gasteiger partial charge in [-0.15, -0.1) is 24.0 Å². The van der Waals surface area contributed by atoms with Crippen LogP contribution in [0.3, 0.4) is 0 Å². The van der Waals surface area contributed by atoms with Crippen LogP contribution in [0.25, 0.3) is 0 Å². The summed E-state index contributed by atoms with van der Waals surface area (Å²) in [5, 5.41) is 10.3. The molecule has 30 heavy (non-hydrogen) atoms. The van der Waals surface area contributed by atoms with E-state index in [0.717, 1.165) is 49.9 Å². The van der Waals surface area contributed by atoms with Crippen LogP contribution < -0.4 is 10.6 Å². The summed E-state index contributed by atoms with van der Waals surface area (Å²) in [6.45, 7) is 6.21. The van der Waals surface area contributed by atoms with Gasteiger partial charge in [0.05, 0.1) is 13.2 Å². The van der Waals surface area contributed by atoms with Crippen molar-refractivity contribution in [2.45, 2.75) is 26.4 Å². The maximum Gasteiger partial charge on any atom is 0.246 e. The quantitative estimate of drug-likeness (QED) is 0.314. The number of hydrogen-bond acceptors (Lipinski definition) is 4. The average Bonchev–Trinajstić information content (AvgIpc) is 3.39. The molecule has 0 radical (unpaired) electrons. The third-order valence-electron chi connectivity index (χ3n) is 4.74. The molecule has 1 aromatic carbocycles. The van der Waals surface area contributed by atoms with Crippen molar-refractivity contribution in [1.29, 1.82) is 0 Å². The number of benzene rings is 1. The first-order valence-electron chi connectivity index (χ1n) is 10.1. The maximum absolute atomic E-state index is 12.2. The van der Waals surface area contributed by atoms with Crippen LogP contribution in [0.1, 0.15) is 18.9 Å². The highest BCUT2D eigenvalue weighted by molar-refractivity contribution is 14.0. The van der Waals surface area contributed by atoms with Gasteiger partial charge in [0, 0.05) is 50.7 Å². The second-order valence-corrected chi connectivity index (χ2v) is 7.23. The molecule has 1 atom stereocenters. The number of nitrogens with zero attached hydrogens (tertiary/aromatic N) is 4. The largest absolute Gasteiger partial charge is 0.381 e. The first kappa shape index (κ1) is 24.1. The van der Waals surface area contributed by atoms with Crippen LogP contribution in [0, 0.1) is 5.92 Å². The van der Waals surface area contributed by atoms with Gasteiger partial charge in [-0.3, -0.25) is 9.48 Å². The predicted octanol–water partition coefficient (Wildman–Crippen LogP) is 2.57. The van der Waals surface area contributed by atoms with E-state index in [1.54, 1.807) is 23.1 Å². The number of halogens is 1. The van der Waals surface area contributed by atoms with Crippen molar-refractivity contribution in [3.05, 3.63) is 48.3 Å². The van der Waals surface area contributed by atoms with Crippen LogP contribution >= 0.6 is 24.0 Å². The van der Waals surface area contributed by atoms with E-state index >= 15 is 0 Å². The fourth-order valence-corrected chi connectivity index (χ4v) is 3.33. The monoisotopic (exact) mass is 526 g/mol. The number of rotatable bonds is 8. The molecule has 1 unspecified atom stereocenters. The number of carbonyl (C=O) groups is 1. The standard InChI is InChI=1S/C21H30N6O2.HI/c1-3-22-21(26(2)14-18-8-11-29-16-18)23-13-17-6-4-7-19(12-17)25-20(28)15-27-10-5-9-24-27;/h4-7,9-10,12,18H,3,8,11,13-16H2,1-2H3,(H,22,23)(H,25,28);1H. The summed E-state index contributed by atoms with van der Waals surface area (Å²) in [4.78, 5) is 19.1. The van der Waals surface area contributed by atoms with E-state index in [2.05, 4.69) is 34.6 Å². The molecule has 8 nitrogen and oxygen atoms in total. The SMILES string of the molecule is CCNC(=NCc1cccc(NC(=O)Cn2cccn2)c1)N(C)CC1CCOC1.I. The molecule has 2 N–H and O–H groups in total. The molecule has 1 saturated heterocycles. The summed E-state index contributed by atoms with van der Waals surface area (Å²) in [7, 11) is 2.06. The van der Waals surface area contributed by atoms with Gasteiger partial charge in [0.1, 0.15) is 6.54 Å². The Bertz CT molecular complexity index is 806. The van der Waals surface area contributed by atoms with Crippen molar-refractivity contribution in [1.82, 2.24) is 20.0 Å². The lowest BCUT2D eigenvalue weighted by Gasteiger charge is -2.24. The molecule has 2 aromatic rings. The van der Waals surface area contributed by atoms with E-state index in [4.69, 9.17) is 9.73 Å².